The monoisotopic (exact) mass is 442 g/mol. The van der Waals surface area contributed by atoms with Crippen molar-refractivity contribution in [3.8, 4) is 28.3 Å². The van der Waals surface area contributed by atoms with Crippen molar-refractivity contribution < 1.29 is 18.4 Å². The maximum absolute atomic E-state index is 12.6. The molecule has 31 heavy (non-hydrogen) atoms. The van der Waals surface area contributed by atoms with Gasteiger partial charge in [-0.25, -0.2) is 13.4 Å². The topological polar surface area (TPSA) is 81.4 Å². The highest BCUT2D eigenvalue weighted by Crippen LogP contribution is 2.42. The predicted molar refractivity (Wildman–Crippen MR) is 121 cm³/mol. The van der Waals surface area contributed by atoms with Crippen molar-refractivity contribution in [2.24, 2.45) is 5.41 Å². The van der Waals surface area contributed by atoms with Crippen molar-refractivity contribution in [3.63, 3.8) is 0 Å². The van der Waals surface area contributed by atoms with E-state index in [1.54, 1.807) is 38.2 Å². The summed E-state index contributed by atoms with van der Waals surface area (Å²) in [6.45, 7) is 8.00. The van der Waals surface area contributed by atoms with Gasteiger partial charge >= 0.3 is 0 Å². The number of aromatic nitrogens is 2. The summed E-state index contributed by atoms with van der Waals surface area (Å²) >= 11 is 0. The summed E-state index contributed by atoms with van der Waals surface area (Å²) in [6, 6.07) is 8.77. The van der Waals surface area contributed by atoms with Crippen molar-refractivity contribution in [1.82, 2.24) is 9.71 Å². The van der Waals surface area contributed by atoms with Crippen LogP contribution in [0.25, 0.3) is 22.5 Å². The Balaban J connectivity index is 1.82. The van der Waals surface area contributed by atoms with Crippen LogP contribution in [0.2, 0.25) is 0 Å². The Morgan fingerprint density at radius 3 is 2.52 bits per heavy atom. The fourth-order valence-electron chi connectivity index (χ4n) is 4.30. The van der Waals surface area contributed by atoms with Gasteiger partial charge in [-0.05, 0) is 73.9 Å². The molecule has 1 aliphatic carbocycles. The number of benzene rings is 1. The quantitative estimate of drug-likeness (QED) is 0.539. The molecule has 0 amide bonds. The standard InChI is InChI=1S/C24H30N2O4S/c1-5-31(28,29)18-6-7-22(30-17-8-11-24(3,4)12-9-17)21(15-18)20-14-16(2)26(27)23-19(20)10-13-25-23/h6-7,10,13-15,17,27H,5,8-9,11-12H2,1-4H3. The van der Waals surface area contributed by atoms with Gasteiger partial charge in [0.05, 0.1) is 22.4 Å². The van der Waals surface area contributed by atoms with E-state index in [0.29, 0.717) is 28.2 Å². The summed E-state index contributed by atoms with van der Waals surface area (Å²) in [6.07, 6.45) is 5.87. The molecule has 1 fully saturated rings. The third kappa shape index (κ3) is 4.15. The van der Waals surface area contributed by atoms with Crippen molar-refractivity contribution in [2.75, 3.05) is 5.75 Å². The van der Waals surface area contributed by atoms with E-state index in [2.05, 4.69) is 18.8 Å². The van der Waals surface area contributed by atoms with Crippen LogP contribution in [0.1, 0.15) is 52.1 Å². The number of ether oxygens (including phenoxy) is 1. The Bertz CT molecular complexity index is 1170. The van der Waals surface area contributed by atoms with Gasteiger partial charge in [0.25, 0.3) is 0 Å². The summed E-state index contributed by atoms with van der Waals surface area (Å²) in [5.74, 6) is 1.13. The summed E-state index contributed by atoms with van der Waals surface area (Å²) in [5.41, 5.74) is 3.19. The SMILES string of the molecule is CCS(=O)(=O)c1ccc(OC2CCC(C)(C)CC2)c(-c2cc(C)n(O)c3nccc2-3)c1. The Labute approximate surface area is 184 Å². The van der Waals surface area contributed by atoms with E-state index in [1.807, 2.05) is 12.1 Å². The lowest BCUT2D eigenvalue weighted by atomic mass is 9.76. The highest BCUT2D eigenvalue weighted by molar-refractivity contribution is 7.91. The van der Waals surface area contributed by atoms with Crippen LogP contribution in [0.3, 0.4) is 0 Å². The van der Waals surface area contributed by atoms with Gasteiger partial charge in [0, 0.05) is 17.3 Å². The van der Waals surface area contributed by atoms with E-state index in [1.165, 1.54) is 0 Å². The molecular weight excluding hydrogens is 412 g/mol. The molecular formula is C24H30N2O4S. The highest BCUT2D eigenvalue weighted by Gasteiger charge is 2.29. The second-order valence-corrected chi connectivity index (χ2v) is 11.5. The zero-order chi connectivity index (χ0) is 22.4. The van der Waals surface area contributed by atoms with Crippen LogP contribution in [0.15, 0.2) is 41.4 Å². The molecule has 1 aromatic rings. The number of hydrogen-bond donors (Lipinski definition) is 1. The smallest absolute Gasteiger partial charge is 0.178 e. The summed E-state index contributed by atoms with van der Waals surface area (Å²) in [4.78, 5) is 4.54. The maximum Gasteiger partial charge on any atom is 0.178 e. The molecule has 0 aromatic heterocycles. The zero-order valence-corrected chi connectivity index (χ0v) is 19.4. The molecule has 0 atom stereocenters. The minimum Gasteiger partial charge on any atom is -0.490 e. The van der Waals surface area contributed by atoms with E-state index < -0.39 is 9.84 Å². The minimum absolute atomic E-state index is 0.0299. The largest absolute Gasteiger partial charge is 0.490 e. The van der Waals surface area contributed by atoms with Crippen LogP contribution in [0.5, 0.6) is 5.75 Å². The second-order valence-electron chi connectivity index (χ2n) is 9.24. The third-order valence-corrected chi connectivity index (χ3v) is 8.15. The Morgan fingerprint density at radius 2 is 1.84 bits per heavy atom. The first-order valence-corrected chi connectivity index (χ1v) is 12.5. The van der Waals surface area contributed by atoms with E-state index in [-0.39, 0.29) is 16.8 Å². The molecule has 4 rings (SSSR count). The zero-order valence-electron chi connectivity index (χ0n) is 18.6. The van der Waals surface area contributed by atoms with E-state index in [0.717, 1.165) is 41.5 Å². The minimum atomic E-state index is -3.38. The van der Waals surface area contributed by atoms with Crippen LogP contribution < -0.4 is 4.74 Å². The van der Waals surface area contributed by atoms with Gasteiger partial charge in [-0.1, -0.05) is 20.8 Å². The molecule has 0 spiro atoms. The second kappa shape index (κ2) is 7.86. The van der Waals surface area contributed by atoms with Crippen molar-refractivity contribution >= 4 is 9.84 Å². The molecule has 1 saturated carbocycles. The number of rotatable bonds is 5. The van der Waals surface area contributed by atoms with Gasteiger partial charge in [0.2, 0.25) is 0 Å². The number of aryl methyl sites for hydroxylation is 1. The molecule has 2 heterocycles. The molecule has 6 nitrogen and oxygen atoms in total. The first-order chi connectivity index (χ1) is 14.6. The lowest BCUT2D eigenvalue weighted by Gasteiger charge is -2.34. The van der Waals surface area contributed by atoms with Crippen molar-refractivity contribution in [3.05, 3.63) is 42.2 Å². The van der Waals surface area contributed by atoms with Gasteiger partial charge in [-0.3, -0.25) is 0 Å². The lowest BCUT2D eigenvalue weighted by molar-refractivity contribution is 0.0992. The third-order valence-electron chi connectivity index (χ3n) is 6.42. The van der Waals surface area contributed by atoms with Crippen LogP contribution in [-0.2, 0) is 9.84 Å². The highest BCUT2D eigenvalue weighted by atomic mass is 32.2. The van der Waals surface area contributed by atoms with E-state index >= 15 is 0 Å². The van der Waals surface area contributed by atoms with E-state index in [4.69, 9.17) is 4.74 Å². The number of sulfone groups is 1. The van der Waals surface area contributed by atoms with Crippen LogP contribution in [0.4, 0.5) is 0 Å². The molecule has 0 unspecified atom stereocenters. The van der Waals surface area contributed by atoms with Gasteiger partial charge in [-0.2, -0.15) is 4.73 Å². The Morgan fingerprint density at radius 1 is 1.13 bits per heavy atom. The molecule has 1 aromatic carbocycles. The summed E-state index contributed by atoms with van der Waals surface area (Å²) < 4.78 is 32.7. The van der Waals surface area contributed by atoms with Crippen LogP contribution >= 0.6 is 0 Å². The Hall–Kier alpha value is -2.54. The summed E-state index contributed by atoms with van der Waals surface area (Å²) in [7, 11) is -3.38. The molecule has 2 aliphatic heterocycles. The van der Waals surface area contributed by atoms with Crippen molar-refractivity contribution in [2.45, 2.75) is 64.4 Å². The molecule has 0 radical (unpaired) electrons. The van der Waals surface area contributed by atoms with Gasteiger partial charge in [-0.15, -0.1) is 0 Å². The van der Waals surface area contributed by atoms with Gasteiger partial charge in [0.1, 0.15) is 5.75 Å². The molecule has 0 bridgehead atoms. The van der Waals surface area contributed by atoms with E-state index in [9.17, 15) is 13.6 Å². The number of fused-ring (bicyclic) bond motifs is 1. The lowest BCUT2D eigenvalue weighted by Crippen LogP contribution is -2.28. The molecule has 166 valence electrons. The average Bonchev–Trinajstić information content (AvgIpc) is 3.23. The molecule has 3 aliphatic rings. The first kappa shape index (κ1) is 21.7. The normalized spacial score (nSPS) is 17.2. The maximum atomic E-state index is 12.6. The predicted octanol–water partition coefficient (Wildman–Crippen LogP) is 5.34. The van der Waals surface area contributed by atoms with Crippen LogP contribution in [-0.4, -0.2) is 35.2 Å². The number of pyridine rings is 1. The first-order valence-electron chi connectivity index (χ1n) is 10.8. The van der Waals surface area contributed by atoms with Crippen molar-refractivity contribution in [1.29, 1.82) is 0 Å². The average molecular weight is 443 g/mol. The van der Waals surface area contributed by atoms with Gasteiger partial charge in [0.15, 0.2) is 15.7 Å². The number of hydrogen-bond acceptors (Lipinski definition) is 5. The summed E-state index contributed by atoms with van der Waals surface area (Å²) in [5, 5.41) is 10.3. The fourth-order valence-corrected chi connectivity index (χ4v) is 5.20. The molecule has 1 N–H and O–H groups in total. The Kier molecular flexibility index (Phi) is 5.50. The molecule has 7 heteroatoms. The number of nitrogens with zero attached hydrogens (tertiary/aromatic N) is 2. The fraction of sp³-hybridized carbons (Fsp3) is 0.458. The van der Waals surface area contributed by atoms with Gasteiger partial charge < -0.3 is 9.94 Å². The molecule has 0 saturated heterocycles. The van der Waals surface area contributed by atoms with Crippen LogP contribution in [0, 0.1) is 12.3 Å².